The first kappa shape index (κ1) is 19.5. The van der Waals surface area contributed by atoms with E-state index < -0.39 is 5.41 Å². The predicted octanol–water partition coefficient (Wildman–Crippen LogP) is 3.37. The van der Waals surface area contributed by atoms with E-state index in [0.717, 1.165) is 55.9 Å². The Balaban J connectivity index is 1.58. The molecule has 5 rings (SSSR count). The summed E-state index contributed by atoms with van der Waals surface area (Å²) < 4.78 is 0. The summed E-state index contributed by atoms with van der Waals surface area (Å²) in [6.45, 7) is 7.91. The van der Waals surface area contributed by atoms with Crippen LogP contribution in [0.15, 0.2) is 12.1 Å². The molecule has 1 aliphatic heterocycles. The third-order valence-corrected chi connectivity index (χ3v) is 8.12. The zero-order valence-corrected chi connectivity index (χ0v) is 18.4. The van der Waals surface area contributed by atoms with Crippen LogP contribution in [0.25, 0.3) is 11.0 Å². The molecule has 3 aliphatic rings. The number of carbonyl (C=O) groups is 1. The van der Waals surface area contributed by atoms with E-state index in [2.05, 4.69) is 31.2 Å². The van der Waals surface area contributed by atoms with Crippen LogP contribution in [-0.2, 0) is 10.2 Å². The van der Waals surface area contributed by atoms with Crippen LogP contribution in [0.2, 0.25) is 10.0 Å². The number of fused-ring (bicyclic) bond motifs is 6. The lowest BCUT2D eigenvalue weighted by atomic mass is 9.68. The Kier molecular flexibility index (Phi) is 4.38. The van der Waals surface area contributed by atoms with Gasteiger partial charge in [-0.05, 0) is 37.4 Å². The molecule has 2 unspecified atom stereocenters. The van der Waals surface area contributed by atoms with Gasteiger partial charge in [-0.3, -0.25) is 10.2 Å². The van der Waals surface area contributed by atoms with Gasteiger partial charge in [0, 0.05) is 32.1 Å². The molecule has 2 fully saturated rings. The molecule has 6 nitrogen and oxygen atoms in total. The minimum absolute atomic E-state index is 0.0435. The molecule has 1 aromatic carbocycles. The van der Waals surface area contributed by atoms with Crippen molar-refractivity contribution in [1.29, 1.82) is 0 Å². The van der Waals surface area contributed by atoms with Crippen molar-refractivity contribution >= 4 is 40.1 Å². The maximum Gasteiger partial charge on any atom is 0.247 e. The predicted molar refractivity (Wildman–Crippen MR) is 114 cm³/mol. The summed E-state index contributed by atoms with van der Waals surface area (Å²) in [6.07, 6.45) is 1.73. The molecule has 1 saturated heterocycles. The van der Waals surface area contributed by atoms with Crippen molar-refractivity contribution in [2.24, 2.45) is 5.41 Å². The number of hydrogen-bond acceptors (Lipinski definition) is 5. The van der Waals surface area contributed by atoms with E-state index in [1.165, 1.54) is 0 Å². The van der Waals surface area contributed by atoms with Gasteiger partial charge in [-0.1, -0.05) is 37.0 Å². The molecule has 1 N–H and O–H groups in total. The van der Waals surface area contributed by atoms with Crippen LogP contribution < -0.4 is 5.43 Å². The molecule has 154 valence electrons. The van der Waals surface area contributed by atoms with E-state index in [0.29, 0.717) is 15.6 Å². The third kappa shape index (κ3) is 2.66. The zero-order valence-electron chi connectivity index (χ0n) is 16.9. The maximum absolute atomic E-state index is 13.7. The quantitative estimate of drug-likeness (QED) is 0.786. The first-order valence-electron chi connectivity index (χ1n) is 10.2. The second kappa shape index (κ2) is 6.51. The Morgan fingerprint density at radius 3 is 2.38 bits per heavy atom. The number of benzene rings is 1. The average Bonchev–Trinajstić information content (AvgIpc) is 3.05. The molecule has 0 radical (unpaired) electrons. The van der Waals surface area contributed by atoms with Crippen molar-refractivity contribution in [2.45, 2.75) is 38.0 Å². The molecule has 2 heterocycles. The standard InChI is InChI=1S/C21H25Cl2N5O/c1-20(2)12-4-5-21(20,19(29)26-28-8-6-27(3)7-9-28)18-17(12)24-15-10-13(22)14(23)11-16(15)25-18/h10-12H,4-9H2,1-3H3,(H,26,29). The zero-order chi connectivity index (χ0) is 20.6. The van der Waals surface area contributed by atoms with Crippen molar-refractivity contribution in [3.8, 4) is 0 Å². The minimum atomic E-state index is -0.677. The highest BCUT2D eigenvalue weighted by Crippen LogP contribution is 2.67. The van der Waals surface area contributed by atoms with Crippen LogP contribution >= 0.6 is 23.2 Å². The molecule has 0 spiro atoms. The number of rotatable bonds is 2. The van der Waals surface area contributed by atoms with E-state index in [-0.39, 0.29) is 17.2 Å². The highest BCUT2D eigenvalue weighted by Gasteiger charge is 2.68. The Labute approximate surface area is 180 Å². The monoisotopic (exact) mass is 433 g/mol. The van der Waals surface area contributed by atoms with Gasteiger partial charge in [0.25, 0.3) is 0 Å². The Bertz CT molecular complexity index is 1020. The fraction of sp³-hybridized carbons (Fsp3) is 0.571. The highest BCUT2D eigenvalue weighted by atomic mass is 35.5. The summed E-state index contributed by atoms with van der Waals surface area (Å²) >= 11 is 12.4. The number of carbonyl (C=O) groups excluding carboxylic acids is 1. The van der Waals surface area contributed by atoms with Crippen LogP contribution in [0, 0.1) is 5.41 Å². The van der Waals surface area contributed by atoms with Gasteiger partial charge in [0.15, 0.2) is 0 Å². The SMILES string of the molecule is CN1CCN(NC(=O)C23CCC(c4nc5cc(Cl)c(Cl)cc5nc42)C3(C)C)CC1. The molecule has 29 heavy (non-hydrogen) atoms. The minimum Gasteiger partial charge on any atom is -0.304 e. The van der Waals surface area contributed by atoms with Crippen LogP contribution in [0.1, 0.15) is 44.0 Å². The van der Waals surface area contributed by atoms with E-state index >= 15 is 0 Å². The van der Waals surface area contributed by atoms with Gasteiger partial charge in [-0.15, -0.1) is 0 Å². The molecule has 8 heteroatoms. The van der Waals surface area contributed by atoms with Crippen LogP contribution in [0.4, 0.5) is 0 Å². The first-order valence-corrected chi connectivity index (χ1v) is 10.9. The maximum atomic E-state index is 13.7. The lowest BCUT2D eigenvalue weighted by molar-refractivity contribution is -0.136. The van der Waals surface area contributed by atoms with Gasteiger partial charge >= 0.3 is 0 Å². The van der Waals surface area contributed by atoms with E-state index in [4.69, 9.17) is 33.2 Å². The highest BCUT2D eigenvalue weighted by molar-refractivity contribution is 6.42. The molecule has 1 saturated carbocycles. The molecule has 1 amide bonds. The number of amides is 1. The Morgan fingerprint density at radius 2 is 1.72 bits per heavy atom. The average molecular weight is 434 g/mol. The second-order valence-corrected chi connectivity index (χ2v) is 9.98. The first-order chi connectivity index (χ1) is 13.7. The number of hydrogen-bond donors (Lipinski definition) is 1. The summed E-state index contributed by atoms with van der Waals surface area (Å²) in [5, 5.41) is 2.97. The second-order valence-electron chi connectivity index (χ2n) is 9.16. The molecule has 1 aromatic heterocycles. The summed E-state index contributed by atoms with van der Waals surface area (Å²) in [5.41, 5.74) is 5.47. The van der Waals surface area contributed by atoms with Gasteiger partial charge in [0.05, 0.1) is 32.5 Å². The van der Waals surface area contributed by atoms with E-state index in [1.54, 1.807) is 12.1 Å². The van der Waals surface area contributed by atoms with Crippen molar-refractivity contribution in [3.05, 3.63) is 33.6 Å². The van der Waals surface area contributed by atoms with Gasteiger partial charge in [-0.2, -0.15) is 0 Å². The van der Waals surface area contributed by atoms with Crippen LogP contribution in [0.5, 0.6) is 0 Å². The van der Waals surface area contributed by atoms with Gasteiger partial charge < -0.3 is 4.90 Å². The van der Waals surface area contributed by atoms with E-state index in [9.17, 15) is 4.79 Å². The molecule has 2 atom stereocenters. The number of halogens is 2. The van der Waals surface area contributed by atoms with Crippen molar-refractivity contribution in [2.75, 3.05) is 33.2 Å². The third-order valence-electron chi connectivity index (χ3n) is 7.40. The molecule has 2 aromatic rings. The summed E-state index contributed by atoms with van der Waals surface area (Å²) in [6, 6.07) is 3.51. The van der Waals surface area contributed by atoms with Crippen LogP contribution in [0.3, 0.4) is 0 Å². The lowest BCUT2D eigenvalue weighted by Crippen LogP contribution is -2.58. The fourth-order valence-electron chi connectivity index (χ4n) is 5.54. The van der Waals surface area contributed by atoms with Crippen molar-refractivity contribution in [3.63, 3.8) is 0 Å². The Hall–Kier alpha value is -1.47. The molecular weight excluding hydrogens is 409 g/mol. The summed E-state index contributed by atoms with van der Waals surface area (Å²) in [7, 11) is 2.10. The number of piperazine rings is 1. The number of aromatic nitrogens is 2. The topological polar surface area (TPSA) is 61.4 Å². The molecule has 2 bridgehead atoms. The Morgan fingerprint density at radius 1 is 1.10 bits per heavy atom. The van der Waals surface area contributed by atoms with Crippen molar-refractivity contribution < 1.29 is 4.79 Å². The molecular formula is C21H25Cl2N5O. The smallest absolute Gasteiger partial charge is 0.247 e. The molecule has 2 aliphatic carbocycles. The van der Waals surface area contributed by atoms with Gasteiger partial charge in [0.1, 0.15) is 5.41 Å². The number of likely N-dealkylation sites (N-methyl/N-ethyl adjacent to an activating group) is 1. The largest absolute Gasteiger partial charge is 0.304 e. The van der Waals surface area contributed by atoms with E-state index in [1.807, 2.05) is 5.01 Å². The van der Waals surface area contributed by atoms with Gasteiger partial charge in [0.2, 0.25) is 5.91 Å². The fourth-order valence-corrected chi connectivity index (χ4v) is 5.85. The van der Waals surface area contributed by atoms with Gasteiger partial charge in [-0.25, -0.2) is 15.0 Å². The number of nitrogens with one attached hydrogen (secondary N) is 1. The lowest BCUT2D eigenvalue weighted by Gasteiger charge is -2.39. The summed E-state index contributed by atoms with van der Waals surface area (Å²) in [5.74, 6) is 0.254. The number of nitrogens with zero attached hydrogens (tertiary/aromatic N) is 4. The number of hydrazine groups is 1. The summed E-state index contributed by atoms with van der Waals surface area (Å²) in [4.78, 5) is 25.9. The van der Waals surface area contributed by atoms with Crippen LogP contribution in [-0.4, -0.2) is 59.0 Å². The van der Waals surface area contributed by atoms with Crippen molar-refractivity contribution in [1.82, 2.24) is 25.3 Å². The normalized spacial score (nSPS) is 28.7.